The first kappa shape index (κ1) is 12.7. The van der Waals surface area contributed by atoms with Gasteiger partial charge in [-0.2, -0.15) is 0 Å². The number of nitrogens with two attached hydrogens (primary N) is 1. The van der Waals surface area contributed by atoms with Gasteiger partial charge in [0.15, 0.2) is 0 Å². The molecule has 0 saturated heterocycles. The van der Waals surface area contributed by atoms with Crippen molar-refractivity contribution in [3.63, 3.8) is 0 Å². The maximum Gasteiger partial charge on any atom is 0.124 e. The summed E-state index contributed by atoms with van der Waals surface area (Å²) in [6, 6.07) is 5.56. The summed E-state index contributed by atoms with van der Waals surface area (Å²) >= 11 is 0. The minimum Gasteiger partial charge on any atom is -0.497 e. The second-order valence-electron chi connectivity index (χ2n) is 4.59. The van der Waals surface area contributed by atoms with Gasteiger partial charge in [-0.25, -0.2) is 4.99 Å². The topological polar surface area (TPSA) is 56.8 Å². The highest BCUT2D eigenvalue weighted by atomic mass is 16.5. The molecule has 0 amide bonds. The van der Waals surface area contributed by atoms with Crippen LogP contribution in [0.3, 0.4) is 0 Å². The summed E-state index contributed by atoms with van der Waals surface area (Å²) in [5.41, 5.74) is 6.85. The number of rotatable bonds is 4. The van der Waals surface area contributed by atoms with Crippen molar-refractivity contribution in [3.8, 4) is 11.5 Å². The van der Waals surface area contributed by atoms with Crippen LogP contribution in [0.25, 0.3) is 0 Å². The van der Waals surface area contributed by atoms with Crippen LogP contribution >= 0.6 is 0 Å². The Morgan fingerprint density at radius 1 is 1.11 bits per heavy atom. The Balaban J connectivity index is 2.23. The number of hydrogen-bond donors (Lipinski definition) is 1. The average Bonchev–Trinajstić information content (AvgIpc) is 2.92. The molecule has 0 radical (unpaired) electrons. The molecule has 0 spiro atoms. The molecule has 4 heteroatoms. The van der Waals surface area contributed by atoms with Gasteiger partial charge in [0.05, 0.1) is 19.9 Å². The van der Waals surface area contributed by atoms with Crippen LogP contribution in [-0.4, -0.2) is 20.1 Å². The van der Waals surface area contributed by atoms with Gasteiger partial charge in [0.25, 0.3) is 0 Å². The third-order valence-electron chi connectivity index (χ3n) is 3.37. The zero-order valence-electron chi connectivity index (χ0n) is 11.0. The molecule has 0 heterocycles. The van der Waals surface area contributed by atoms with Gasteiger partial charge in [-0.3, -0.25) is 0 Å². The Morgan fingerprint density at radius 2 is 1.67 bits per heavy atom. The molecule has 4 nitrogen and oxygen atoms in total. The van der Waals surface area contributed by atoms with E-state index in [1.807, 2.05) is 18.2 Å². The van der Waals surface area contributed by atoms with E-state index in [4.69, 9.17) is 15.2 Å². The predicted molar refractivity (Wildman–Crippen MR) is 72.8 cm³/mol. The first-order valence-corrected chi connectivity index (χ1v) is 6.30. The predicted octanol–water partition coefficient (Wildman–Crippen LogP) is 2.88. The van der Waals surface area contributed by atoms with Gasteiger partial charge >= 0.3 is 0 Å². The molecule has 2 N–H and O–H groups in total. The maximum atomic E-state index is 6.06. The van der Waals surface area contributed by atoms with E-state index in [0.717, 1.165) is 35.9 Å². The molecule has 0 unspecified atom stereocenters. The Morgan fingerprint density at radius 3 is 2.17 bits per heavy atom. The Labute approximate surface area is 108 Å². The first-order valence-electron chi connectivity index (χ1n) is 6.30. The molecule has 0 bridgehead atoms. The van der Waals surface area contributed by atoms with E-state index < -0.39 is 0 Å². The zero-order valence-corrected chi connectivity index (χ0v) is 11.0. The van der Waals surface area contributed by atoms with Crippen LogP contribution in [0.4, 0.5) is 5.69 Å². The fourth-order valence-corrected chi connectivity index (χ4v) is 2.32. The quantitative estimate of drug-likeness (QED) is 0.658. The van der Waals surface area contributed by atoms with Crippen molar-refractivity contribution >= 4 is 11.5 Å². The molecule has 18 heavy (non-hydrogen) atoms. The molecular weight excluding hydrogens is 228 g/mol. The largest absolute Gasteiger partial charge is 0.497 e. The van der Waals surface area contributed by atoms with Crippen molar-refractivity contribution in [3.05, 3.63) is 18.2 Å². The molecule has 2 rings (SSSR count). The van der Waals surface area contributed by atoms with Crippen LogP contribution in [0, 0.1) is 5.92 Å². The normalized spacial score (nSPS) is 16.9. The molecule has 0 aromatic heterocycles. The lowest BCUT2D eigenvalue weighted by atomic mass is 10.1. The van der Waals surface area contributed by atoms with Crippen molar-refractivity contribution in [1.82, 2.24) is 0 Å². The molecule has 1 saturated carbocycles. The Kier molecular flexibility index (Phi) is 4.07. The van der Waals surface area contributed by atoms with Gasteiger partial charge in [-0.1, -0.05) is 12.8 Å². The monoisotopic (exact) mass is 248 g/mol. The van der Waals surface area contributed by atoms with Crippen molar-refractivity contribution in [1.29, 1.82) is 0 Å². The van der Waals surface area contributed by atoms with Gasteiger partial charge in [-0.15, -0.1) is 0 Å². The SMILES string of the molecule is COc1cc(N=C(N)C2CCCC2)cc(OC)c1. The maximum absolute atomic E-state index is 6.06. The number of ether oxygens (including phenoxy) is 2. The van der Waals surface area contributed by atoms with Crippen LogP contribution in [0.2, 0.25) is 0 Å². The number of amidine groups is 1. The third-order valence-corrected chi connectivity index (χ3v) is 3.37. The summed E-state index contributed by atoms with van der Waals surface area (Å²) in [6.07, 6.45) is 4.80. The van der Waals surface area contributed by atoms with Crippen LogP contribution in [0.15, 0.2) is 23.2 Å². The molecule has 98 valence electrons. The summed E-state index contributed by atoms with van der Waals surface area (Å²) in [7, 11) is 3.26. The molecule has 0 atom stereocenters. The fourth-order valence-electron chi connectivity index (χ4n) is 2.32. The highest BCUT2D eigenvalue weighted by Crippen LogP contribution is 2.30. The summed E-state index contributed by atoms with van der Waals surface area (Å²) < 4.78 is 10.4. The van der Waals surface area contributed by atoms with Crippen molar-refractivity contribution in [2.24, 2.45) is 16.6 Å². The minimum atomic E-state index is 0.433. The van der Waals surface area contributed by atoms with Crippen molar-refractivity contribution < 1.29 is 9.47 Å². The molecule has 1 aliphatic carbocycles. The summed E-state index contributed by atoms with van der Waals surface area (Å²) in [5.74, 6) is 2.62. The van der Waals surface area contributed by atoms with Crippen LogP contribution in [-0.2, 0) is 0 Å². The van der Waals surface area contributed by atoms with Crippen LogP contribution < -0.4 is 15.2 Å². The van der Waals surface area contributed by atoms with E-state index in [0.29, 0.717) is 5.92 Å². The van der Waals surface area contributed by atoms with Gasteiger partial charge < -0.3 is 15.2 Å². The standard InChI is InChI=1S/C14H20N2O2/c1-17-12-7-11(8-13(9-12)18-2)16-14(15)10-5-3-4-6-10/h7-10H,3-6H2,1-2H3,(H2,15,16). The van der Waals surface area contributed by atoms with Gasteiger partial charge in [0.1, 0.15) is 17.3 Å². The molecule has 1 aromatic carbocycles. The molecule has 1 aromatic rings. The Hall–Kier alpha value is -1.71. The second kappa shape index (κ2) is 5.76. The van der Waals surface area contributed by atoms with Crippen molar-refractivity contribution in [2.45, 2.75) is 25.7 Å². The smallest absolute Gasteiger partial charge is 0.124 e. The number of nitrogens with zero attached hydrogens (tertiary/aromatic N) is 1. The summed E-state index contributed by atoms with van der Waals surface area (Å²) in [4.78, 5) is 4.49. The van der Waals surface area contributed by atoms with E-state index in [-0.39, 0.29) is 0 Å². The average molecular weight is 248 g/mol. The molecule has 1 aliphatic rings. The van der Waals surface area contributed by atoms with E-state index in [1.54, 1.807) is 14.2 Å². The van der Waals surface area contributed by atoms with Crippen molar-refractivity contribution in [2.75, 3.05) is 14.2 Å². The van der Waals surface area contributed by atoms with Gasteiger partial charge in [0.2, 0.25) is 0 Å². The number of hydrogen-bond acceptors (Lipinski definition) is 3. The fraction of sp³-hybridized carbons (Fsp3) is 0.500. The highest BCUT2D eigenvalue weighted by Gasteiger charge is 2.18. The van der Waals surface area contributed by atoms with E-state index >= 15 is 0 Å². The number of aliphatic imine (C=N–C) groups is 1. The lowest BCUT2D eigenvalue weighted by Gasteiger charge is -2.09. The van der Waals surface area contributed by atoms with Crippen LogP contribution in [0.5, 0.6) is 11.5 Å². The summed E-state index contributed by atoms with van der Waals surface area (Å²) in [5, 5.41) is 0. The van der Waals surface area contributed by atoms with E-state index in [2.05, 4.69) is 4.99 Å². The zero-order chi connectivity index (χ0) is 13.0. The minimum absolute atomic E-state index is 0.433. The number of methoxy groups -OCH3 is 2. The van der Waals surface area contributed by atoms with Crippen LogP contribution in [0.1, 0.15) is 25.7 Å². The molecule has 1 fully saturated rings. The number of benzene rings is 1. The molecular formula is C14H20N2O2. The lowest BCUT2D eigenvalue weighted by molar-refractivity contribution is 0.394. The molecule has 0 aliphatic heterocycles. The van der Waals surface area contributed by atoms with E-state index in [9.17, 15) is 0 Å². The van der Waals surface area contributed by atoms with E-state index in [1.165, 1.54) is 12.8 Å². The first-order chi connectivity index (χ1) is 8.72. The third kappa shape index (κ3) is 2.94. The van der Waals surface area contributed by atoms with Gasteiger partial charge in [-0.05, 0) is 12.8 Å². The Bertz CT molecular complexity index is 415. The second-order valence-corrected chi connectivity index (χ2v) is 4.59. The van der Waals surface area contributed by atoms with Gasteiger partial charge in [0, 0.05) is 24.1 Å². The highest BCUT2D eigenvalue weighted by molar-refractivity contribution is 5.85. The lowest BCUT2D eigenvalue weighted by Crippen LogP contribution is -2.20. The summed E-state index contributed by atoms with van der Waals surface area (Å²) in [6.45, 7) is 0.